The lowest BCUT2D eigenvalue weighted by Gasteiger charge is -1.97. The molecule has 2 aromatic heterocycles. The molecule has 4 rings (SSSR count). The van der Waals surface area contributed by atoms with Gasteiger partial charge in [0.05, 0.1) is 0 Å². The van der Waals surface area contributed by atoms with E-state index in [0.717, 1.165) is 31.0 Å². The van der Waals surface area contributed by atoms with Crippen LogP contribution in [0.1, 0.15) is 42.5 Å². The van der Waals surface area contributed by atoms with E-state index in [4.69, 9.17) is 4.52 Å². The molecule has 3 aromatic rings. The first-order chi connectivity index (χ1) is 9.90. The summed E-state index contributed by atoms with van der Waals surface area (Å²) in [5.74, 6) is 2.26. The maximum absolute atomic E-state index is 5.30. The summed E-state index contributed by atoms with van der Waals surface area (Å²) in [5, 5.41) is 5.37. The molecule has 1 aromatic carbocycles. The average Bonchev–Trinajstić information content (AvgIpc) is 3.09. The Morgan fingerprint density at radius 2 is 2.10 bits per heavy atom. The van der Waals surface area contributed by atoms with Gasteiger partial charge in [-0.25, -0.2) is 0 Å². The van der Waals surface area contributed by atoms with Crippen LogP contribution in [0.25, 0.3) is 10.9 Å². The van der Waals surface area contributed by atoms with Crippen molar-refractivity contribution in [2.75, 3.05) is 0 Å². The lowest BCUT2D eigenvalue weighted by atomic mass is 10.1. The van der Waals surface area contributed by atoms with E-state index in [1.807, 2.05) is 0 Å². The van der Waals surface area contributed by atoms with Crippen molar-refractivity contribution < 1.29 is 4.52 Å². The summed E-state index contributed by atoms with van der Waals surface area (Å²) in [4.78, 5) is 7.78. The second kappa shape index (κ2) is 4.78. The summed E-state index contributed by atoms with van der Waals surface area (Å²) in [5.41, 5.74) is 2.57. The Morgan fingerprint density at radius 1 is 1.20 bits per heavy atom. The van der Waals surface area contributed by atoms with Crippen molar-refractivity contribution in [3.05, 3.63) is 47.7 Å². The SMILES string of the molecule is c1ccc2c(CCCc3nc(C4CC4)no3)c[nH]c2c1. The lowest BCUT2D eigenvalue weighted by Crippen LogP contribution is -1.90. The molecule has 1 aliphatic rings. The van der Waals surface area contributed by atoms with Crippen LogP contribution < -0.4 is 0 Å². The molecule has 1 aliphatic carbocycles. The zero-order valence-corrected chi connectivity index (χ0v) is 11.3. The first kappa shape index (κ1) is 11.7. The number of para-hydroxylation sites is 1. The number of fused-ring (bicyclic) bond motifs is 1. The van der Waals surface area contributed by atoms with Crippen molar-refractivity contribution in [1.82, 2.24) is 15.1 Å². The fraction of sp³-hybridized carbons (Fsp3) is 0.375. The second-order valence-corrected chi connectivity index (χ2v) is 5.53. The van der Waals surface area contributed by atoms with E-state index < -0.39 is 0 Å². The topological polar surface area (TPSA) is 54.7 Å². The summed E-state index contributed by atoms with van der Waals surface area (Å²) in [6.07, 6.45) is 7.47. The number of benzene rings is 1. The second-order valence-electron chi connectivity index (χ2n) is 5.53. The van der Waals surface area contributed by atoms with E-state index in [-0.39, 0.29) is 0 Å². The Morgan fingerprint density at radius 3 is 3.00 bits per heavy atom. The molecule has 102 valence electrons. The third-order valence-electron chi connectivity index (χ3n) is 3.94. The number of nitrogens with zero attached hydrogens (tertiary/aromatic N) is 2. The van der Waals surface area contributed by atoms with E-state index in [1.165, 1.54) is 29.3 Å². The Hall–Kier alpha value is -2.10. The molecule has 0 radical (unpaired) electrons. The number of aryl methyl sites for hydroxylation is 2. The molecule has 20 heavy (non-hydrogen) atoms. The Balaban J connectivity index is 1.40. The van der Waals surface area contributed by atoms with Crippen LogP contribution in [-0.2, 0) is 12.8 Å². The maximum atomic E-state index is 5.30. The highest BCUT2D eigenvalue weighted by molar-refractivity contribution is 5.82. The van der Waals surface area contributed by atoms with Crippen molar-refractivity contribution >= 4 is 10.9 Å². The first-order valence-corrected chi connectivity index (χ1v) is 7.27. The number of H-pyrrole nitrogens is 1. The quantitative estimate of drug-likeness (QED) is 0.768. The molecule has 0 saturated heterocycles. The van der Waals surface area contributed by atoms with E-state index in [9.17, 15) is 0 Å². The number of rotatable bonds is 5. The zero-order chi connectivity index (χ0) is 13.4. The van der Waals surface area contributed by atoms with Crippen LogP contribution in [-0.4, -0.2) is 15.1 Å². The van der Waals surface area contributed by atoms with Gasteiger partial charge in [-0.2, -0.15) is 4.98 Å². The molecular weight excluding hydrogens is 250 g/mol. The smallest absolute Gasteiger partial charge is 0.226 e. The number of hydrogen-bond acceptors (Lipinski definition) is 3. The van der Waals surface area contributed by atoms with Gasteiger partial charge in [0.25, 0.3) is 0 Å². The van der Waals surface area contributed by atoms with Gasteiger partial charge < -0.3 is 9.51 Å². The molecular formula is C16H17N3O. The predicted molar refractivity (Wildman–Crippen MR) is 76.6 cm³/mol. The molecule has 1 N–H and O–H groups in total. The van der Waals surface area contributed by atoms with Crippen LogP contribution in [0, 0.1) is 0 Å². The molecule has 4 heteroatoms. The van der Waals surface area contributed by atoms with E-state index >= 15 is 0 Å². The Bertz CT molecular complexity index is 724. The number of aromatic amines is 1. The normalized spacial score (nSPS) is 15.0. The van der Waals surface area contributed by atoms with Crippen LogP contribution >= 0.6 is 0 Å². The van der Waals surface area contributed by atoms with Crippen LogP contribution in [0.4, 0.5) is 0 Å². The molecule has 0 atom stereocenters. The van der Waals surface area contributed by atoms with Crippen LogP contribution in [0.15, 0.2) is 35.0 Å². The summed E-state index contributed by atoms with van der Waals surface area (Å²) in [6.45, 7) is 0. The third-order valence-corrected chi connectivity index (χ3v) is 3.94. The monoisotopic (exact) mass is 267 g/mol. The highest BCUT2D eigenvalue weighted by Crippen LogP contribution is 2.38. The Labute approximate surface area is 117 Å². The fourth-order valence-electron chi connectivity index (χ4n) is 2.65. The summed E-state index contributed by atoms with van der Waals surface area (Å²) < 4.78 is 5.30. The molecule has 0 amide bonds. The van der Waals surface area contributed by atoms with E-state index in [2.05, 4.69) is 45.6 Å². The fourth-order valence-corrected chi connectivity index (χ4v) is 2.65. The first-order valence-electron chi connectivity index (χ1n) is 7.27. The zero-order valence-electron chi connectivity index (χ0n) is 11.3. The van der Waals surface area contributed by atoms with Crippen LogP contribution in [0.2, 0.25) is 0 Å². The minimum absolute atomic E-state index is 0.570. The molecule has 2 heterocycles. The van der Waals surface area contributed by atoms with Gasteiger partial charge in [-0.3, -0.25) is 0 Å². The number of aromatic nitrogens is 3. The minimum Gasteiger partial charge on any atom is -0.361 e. The van der Waals surface area contributed by atoms with Crippen LogP contribution in [0.5, 0.6) is 0 Å². The number of nitrogens with one attached hydrogen (secondary N) is 1. The molecule has 4 nitrogen and oxygen atoms in total. The highest BCUT2D eigenvalue weighted by Gasteiger charge is 2.28. The average molecular weight is 267 g/mol. The Kier molecular flexibility index (Phi) is 2.80. The molecule has 0 aliphatic heterocycles. The standard InChI is InChI=1S/C16H17N3O/c1-2-6-14-13(5-1)12(10-17-14)4-3-7-15-18-16(19-20-15)11-8-9-11/h1-2,5-6,10-11,17H,3-4,7-9H2. The van der Waals surface area contributed by atoms with Crippen molar-refractivity contribution in [3.8, 4) is 0 Å². The van der Waals surface area contributed by atoms with E-state index in [1.54, 1.807) is 0 Å². The van der Waals surface area contributed by atoms with Gasteiger partial charge in [-0.15, -0.1) is 0 Å². The molecule has 1 fully saturated rings. The van der Waals surface area contributed by atoms with Gasteiger partial charge in [0.2, 0.25) is 5.89 Å². The van der Waals surface area contributed by atoms with Crippen molar-refractivity contribution in [1.29, 1.82) is 0 Å². The van der Waals surface area contributed by atoms with Crippen molar-refractivity contribution in [2.24, 2.45) is 0 Å². The molecule has 0 unspecified atom stereocenters. The molecule has 0 spiro atoms. The molecule has 0 bridgehead atoms. The minimum atomic E-state index is 0.570. The summed E-state index contributed by atoms with van der Waals surface area (Å²) >= 11 is 0. The lowest BCUT2D eigenvalue weighted by molar-refractivity contribution is 0.370. The van der Waals surface area contributed by atoms with Gasteiger partial charge in [-0.1, -0.05) is 23.4 Å². The van der Waals surface area contributed by atoms with Crippen molar-refractivity contribution in [3.63, 3.8) is 0 Å². The van der Waals surface area contributed by atoms with Gasteiger partial charge in [0.1, 0.15) is 0 Å². The third kappa shape index (κ3) is 2.22. The van der Waals surface area contributed by atoms with Gasteiger partial charge in [-0.05, 0) is 37.3 Å². The van der Waals surface area contributed by atoms with Gasteiger partial charge in [0.15, 0.2) is 5.82 Å². The molecule has 1 saturated carbocycles. The van der Waals surface area contributed by atoms with Crippen molar-refractivity contribution in [2.45, 2.75) is 38.0 Å². The van der Waals surface area contributed by atoms with Gasteiger partial charge >= 0.3 is 0 Å². The number of hydrogen-bond donors (Lipinski definition) is 1. The summed E-state index contributed by atoms with van der Waals surface area (Å²) in [6, 6.07) is 8.41. The van der Waals surface area contributed by atoms with Gasteiger partial charge in [0, 0.05) is 29.4 Å². The van der Waals surface area contributed by atoms with E-state index in [0.29, 0.717) is 5.92 Å². The predicted octanol–water partition coefficient (Wildman–Crippen LogP) is 3.60. The van der Waals surface area contributed by atoms with Crippen LogP contribution in [0.3, 0.4) is 0 Å². The largest absolute Gasteiger partial charge is 0.361 e. The summed E-state index contributed by atoms with van der Waals surface area (Å²) in [7, 11) is 0. The highest BCUT2D eigenvalue weighted by atomic mass is 16.5. The maximum Gasteiger partial charge on any atom is 0.226 e.